The van der Waals surface area contributed by atoms with Gasteiger partial charge in [0.05, 0.1) is 11.8 Å². The molecule has 1 aromatic rings. The molecule has 0 unspecified atom stereocenters. The molecule has 0 amide bonds. The van der Waals surface area contributed by atoms with Crippen molar-refractivity contribution < 1.29 is 9.94 Å². The quantitative estimate of drug-likeness (QED) is 0.535. The second-order valence-corrected chi connectivity index (χ2v) is 6.52. The normalized spacial score (nSPS) is 14.0. The maximum atomic E-state index is 9.79. The first-order valence-corrected chi connectivity index (χ1v) is 8.10. The van der Waals surface area contributed by atoms with Crippen molar-refractivity contribution in [3.05, 3.63) is 52.7 Å². The molecule has 1 aromatic carbocycles. The summed E-state index contributed by atoms with van der Waals surface area (Å²) >= 11 is 5.88. The van der Waals surface area contributed by atoms with E-state index in [1.165, 1.54) is 0 Å². The second-order valence-electron chi connectivity index (χ2n) is 6.08. The summed E-state index contributed by atoms with van der Waals surface area (Å²) in [5.41, 5.74) is 4.81. The number of rotatable bonds is 9. The number of aliphatic hydroxyl groups excluding tert-OH is 1. The Morgan fingerprint density at radius 1 is 1.30 bits per heavy atom. The first kappa shape index (κ1) is 19.7. The molecule has 2 N–H and O–H groups in total. The average molecular weight is 339 g/mol. The Morgan fingerprint density at radius 3 is 2.52 bits per heavy atom. The molecule has 0 radical (unpaired) electrons. The van der Waals surface area contributed by atoms with Gasteiger partial charge in [0, 0.05) is 11.6 Å². The largest absolute Gasteiger partial charge is 0.389 e. The minimum Gasteiger partial charge on any atom is -0.389 e. The Kier molecular flexibility index (Phi) is 8.95. The van der Waals surface area contributed by atoms with Crippen LogP contribution in [0.1, 0.15) is 19.4 Å². The highest BCUT2D eigenvalue weighted by molar-refractivity contribution is 6.30. The molecule has 0 aromatic heterocycles. The van der Waals surface area contributed by atoms with E-state index in [0.717, 1.165) is 16.3 Å². The summed E-state index contributed by atoms with van der Waals surface area (Å²) in [5, 5.41) is 10.5. The molecular formula is C18H27ClN2O2. The Labute approximate surface area is 144 Å². The molecule has 4 nitrogen and oxygen atoms in total. The van der Waals surface area contributed by atoms with Crippen molar-refractivity contribution in [3.63, 3.8) is 0 Å². The van der Waals surface area contributed by atoms with Crippen LogP contribution in [0.3, 0.4) is 0 Å². The van der Waals surface area contributed by atoms with E-state index in [2.05, 4.69) is 25.4 Å². The fourth-order valence-electron chi connectivity index (χ4n) is 1.94. The lowest BCUT2D eigenvalue weighted by atomic mass is 10.1. The molecule has 1 atom stereocenters. The number of hydroxylamine groups is 1. The molecule has 0 bridgehead atoms. The number of nitrogens with zero attached hydrogens (tertiary/aromatic N) is 1. The molecule has 128 valence electrons. The van der Waals surface area contributed by atoms with Crippen LogP contribution in [-0.4, -0.2) is 43.4 Å². The Bertz CT molecular complexity index is 510. The summed E-state index contributed by atoms with van der Waals surface area (Å²) < 4.78 is 0. The molecule has 0 spiro atoms. The maximum absolute atomic E-state index is 9.79. The lowest BCUT2D eigenvalue weighted by Crippen LogP contribution is -2.31. The van der Waals surface area contributed by atoms with Crippen LogP contribution in [0.4, 0.5) is 0 Å². The van der Waals surface area contributed by atoms with Crippen molar-refractivity contribution in [2.24, 2.45) is 5.92 Å². The Hall–Kier alpha value is -1.33. The van der Waals surface area contributed by atoms with E-state index in [9.17, 15) is 5.11 Å². The molecule has 0 aliphatic heterocycles. The van der Waals surface area contributed by atoms with Crippen LogP contribution in [0.2, 0.25) is 5.02 Å². The van der Waals surface area contributed by atoms with Crippen molar-refractivity contribution in [2.75, 3.05) is 27.2 Å². The van der Waals surface area contributed by atoms with Gasteiger partial charge in [-0.15, -0.1) is 0 Å². The van der Waals surface area contributed by atoms with E-state index in [1.54, 1.807) is 0 Å². The highest BCUT2D eigenvalue weighted by atomic mass is 35.5. The number of halogens is 1. The molecule has 5 heteroatoms. The van der Waals surface area contributed by atoms with E-state index in [4.69, 9.17) is 16.4 Å². The minimum absolute atomic E-state index is 0.225. The van der Waals surface area contributed by atoms with E-state index < -0.39 is 6.10 Å². The third-order valence-electron chi connectivity index (χ3n) is 2.88. The highest BCUT2D eigenvalue weighted by Gasteiger charge is 2.06. The van der Waals surface area contributed by atoms with Gasteiger partial charge in [-0.3, -0.25) is 10.3 Å². The molecule has 0 aliphatic rings. The number of allylic oxidation sites excluding steroid dienone is 2. The van der Waals surface area contributed by atoms with Gasteiger partial charge in [0.15, 0.2) is 0 Å². The first-order chi connectivity index (χ1) is 10.9. The van der Waals surface area contributed by atoms with Crippen molar-refractivity contribution in [3.8, 4) is 0 Å². The number of hydrogen-bond donors (Lipinski definition) is 2. The summed E-state index contributed by atoms with van der Waals surface area (Å²) in [5.74, 6) is 0.377. The van der Waals surface area contributed by atoms with Gasteiger partial charge in [-0.1, -0.05) is 49.7 Å². The fourth-order valence-corrected chi connectivity index (χ4v) is 2.06. The van der Waals surface area contributed by atoms with Gasteiger partial charge in [-0.25, -0.2) is 0 Å². The third kappa shape index (κ3) is 9.41. The topological polar surface area (TPSA) is 44.7 Å². The Morgan fingerprint density at radius 2 is 1.96 bits per heavy atom. The van der Waals surface area contributed by atoms with Gasteiger partial charge >= 0.3 is 0 Å². The molecular weight excluding hydrogens is 312 g/mol. The van der Waals surface area contributed by atoms with E-state index >= 15 is 0 Å². The van der Waals surface area contributed by atoms with Gasteiger partial charge in [0.1, 0.15) is 6.61 Å². The van der Waals surface area contributed by atoms with Gasteiger partial charge in [-0.05, 0) is 43.8 Å². The van der Waals surface area contributed by atoms with Crippen LogP contribution in [0.25, 0.3) is 6.08 Å². The summed E-state index contributed by atoms with van der Waals surface area (Å²) in [6, 6.07) is 7.62. The SMILES string of the molecule is CC(C)C=C(C=Cc1ccc(Cl)cc1)NOC[C@H](O)CN(C)C. The fraction of sp³-hybridized carbons (Fsp3) is 0.444. The Balaban J connectivity index is 2.58. The van der Waals surface area contributed by atoms with Crippen LogP contribution >= 0.6 is 11.6 Å². The van der Waals surface area contributed by atoms with E-state index in [-0.39, 0.29) is 6.61 Å². The van der Waals surface area contributed by atoms with E-state index in [0.29, 0.717) is 12.5 Å². The smallest absolute Gasteiger partial charge is 0.102 e. The van der Waals surface area contributed by atoms with Crippen molar-refractivity contribution in [1.82, 2.24) is 10.4 Å². The van der Waals surface area contributed by atoms with Crippen molar-refractivity contribution >= 4 is 17.7 Å². The molecule has 0 saturated carbocycles. The van der Waals surface area contributed by atoms with Crippen molar-refractivity contribution in [1.29, 1.82) is 0 Å². The molecule has 0 fully saturated rings. The minimum atomic E-state index is -0.530. The van der Waals surface area contributed by atoms with Gasteiger partial charge in [0.2, 0.25) is 0 Å². The summed E-state index contributed by atoms with van der Waals surface area (Å²) in [6.45, 7) is 4.98. The predicted molar refractivity (Wildman–Crippen MR) is 97.1 cm³/mol. The lowest BCUT2D eigenvalue weighted by Gasteiger charge is -2.16. The number of aliphatic hydroxyl groups is 1. The number of hydrogen-bond acceptors (Lipinski definition) is 4. The zero-order chi connectivity index (χ0) is 17.2. The van der Waals surface area contributed by atoms with Crippen LogP contribution in [0.5, 0.6) is 0 Å². The van der Waals surface area contributed by atoms with Gasteiger partial charge in [-0.2, -0.15) is 0 Å². The number of benzene rings is 1. The molecule has 0 heterocycles. The molecule has 1 rings (SSSR count). The van der Waals surface area contributed by atoms with Crippen LogP contribution < -0.4 is 5.48 Å². The maximum Gasteiger partial charge on any atom is 0.102 e. The zero-order valence-corrected chi connectivity index (χ0v) is 15.0. The predicted octanol–water partition coefficient (Wildman–Crippen LogP) is 3.34. The monoisotopic (exact) mass is 338 g/mol. The molecule has 0 aliphatic carbocycles. The standard InChI is InChI=1S/C18H27ClN2O2/c1-14(2)11-17(20-23-13-18(22)12-21(3)4)10-7-15-5-8-16(19)9-6-15/h5-11,14,18,20,22H,12-13H2,1-4H3/t18-/m1/s1. The first-order valence-electron chi connectivity index (χ1n) is 7.73. The summed E-state index contributed by atoms with van der Waals surface area (Å²) in [7, 11) is 3.82. The average Bonchev–Trinajstić information content (AvgIpc) is 2.45. The highest BCUT2D eigenvalue weighted by Crippen LogP contribution is 2.12. The molecule has 0 saturated heterocycles. The van der Waals surface area contributed by atoms with Crippen molar-refractivity contribution in [2.45, 2.75) is 20.0 Å². The third-order valence-corrected chi connectivity index (χ3v) is 3.13. The summed E-state index contributed by atoms with van der Waals surface area (Å²) in [4.78, 5) is 7.32. The lowest BCUT2D eigenvalue weighted by molar-refractivity contribution is -0.0125. The van der Waals surface area contributed by atoms with E-state index in [1.807, 2.05) is 55.4 Å². The van der Waals surface area contributed by atoms with Gasteiger partial charge in [0.25, 0.3) is 0 Å². The number of likely N-dealkylation sites (N-methyl/N-ethyl adjacent to an activating group) is 1. The van der Waals surface area contributed by atoms with Crippen LogP contribution in [0.15, 0.2) is 42.1 Å². The van der Waals surface area contributed by atoms with Gasteiger partial charge < -0.3 is 10.0 Å². The van der Waals surface area contributed by atoms with Crippen LogP contribution in [-0.2, 0) is 4.84 Å². The zero-order valence-electron chi connectivity index (χ0n) is 14.3. The molecule has 23 heavy (non-hydrogen) atoms. The second kappa shape index (κ2) is 10.4. The number of nitrogens with one attached hydrogen (secondary N) is 1. The summed E-state index contributed by atoms with van der Waals surface area (Å²) in [6.07, 6.45) is 5.46. The van der Waals surface area contributed by atoms with Crippen LogP contribution in [0, 0.1) is 5.92 Å².